The highest BCUT2D eigenvalue weighted by Gasteiger charge is 2.06. The Labute approximate surface area is 94.0 Å². The molecule has 0 heterocycles. The lowest BCUT2D eigenvalue weighted by atomic mass is 10.1. The molecule has 90 valence electrons. The maximum Gasteiger partial charge on any atom is 0.222 e. The highest BCUT2D eigenvalue weighted by atomic mass is 16.2. The van der Waals surface area contributed by atoms with Crippen molar-refractivity contribution in [3.8, 4) is 0 Å². The van der Waals surface area contributed by atoms with Gasteiger partial charge in [-0.15, -0.1) is 0 Å². The number of nitrogens with zero attached hydrogens (tertiary/aromatic N) is 1. The van der Waals surface area contributed by atoms with E-state index in [4.69, 9.17) is 5.73 Å². The summed E-state index contributed by atoms with van der Waals surface area (Å²) in [6.07, 6.45) is 7.33. The monoisotopic (exact) mass is 214 g/mol. The lowest BCUT2D eigenvalue weighted by Gasteiger charge is -2.16. The average molecular weight is 214 g/mol. The summed E-state index contributed by atoms with van der Waals surface area (Å²) in [5, 5.41) is 0. The maximum absolute atomic E-state index is 11.6. The number of hydrogen-bond acceptors (Lipinski definition) is 2. The van der Waals surface area contributed by atoms with Crippen LogP contribution in [0.3, 0.4) is 0 Å². The molecule has 0 unspecified atom stereocenters. The molecule has 0 aromatic rings. The van der Waals surface area contributed by atoms with E-state index in [9.17, 15) is 4.79 Å². The number of rotatable bonds is 9. The van der Waals surface area contributed by atoms with Crippen LogP contribution >= 0.6 is 0 Å². The average Bonchev–Trinajstić information content (AvgIpc) is 2.25. The molecule has 0 aliphatic rings. The van der Waals surface area contributed by atoms with Crippen molar-refractivity contribution in [1.82, 2.24) is 4.90 Å². The lowest BCUT2D eigenvalue weighted by Crippen LogP contribution is -2.27. The number of nitrogens with two attached hydrogens (primary N) is 1. The van der Waals surface area contributed by atoms with Crippen molar-refractivity contribution in [1.29, 1.82) is 0 Å². The fourth-order valence-corrected chi connectivity index (χ4v) is 1.48. The molecule has 3 heteroatoms. The summed E-state index contributed by atoms with van der Waals surface area (Å²) in [5.41, 5.74) is 5.40. The Morgan fingerprint density at radius 3 is 2.40 bits per heavy atom. The van der Waals surface area contributed by atoms with Crippen LogP contribution in [0, 0.1) is 0 Å². The second-order valence-corrected chi connectivity index (χ2v) is 4.12. The van der Waals surface area contributed by atoms with Gasteiger partial charge >= 0.3 is 0 Å². The zero-order valence-corrected chi connectivity index (χ0v) is 10.3. The molecule has 0 spiro atoms. The van der Waals surface area contributed by atoms with Crippen LogP contribution in [0.4, 0.5) is 0 Å². The van der Waals surface area contributed by atoms with Crippen LogP contribution in [0.1, 0.15) is 51.9 Å². The van der Waals surface area contributed by atoms with Gasteiger partial charge in [-0.05, 0) is 25.8 Å². The fourth-order valence-electron chi connectivity index (χ4n) is 1.48. The summed E-state index contributed by atoms with van der Waals surface area (Å²) in [5.74, 6) is 0.288. The second-order valence-electron chi connectivity index (χ2n) is 4.12. The summed E-state index contributed by atoms with van der Waals surface area (Å²) in [4.78, 5) is 13.4. The molecule has 0 saturated heterocycles. The number of unbranched alkanes of at least 4 members (excludes halogenated alkanes) is 4. The predicted octanol–water partition coefficient (Wildman–Crippen LogP) is 2.15. The Kier molecular flexibility index (Phi) is 9.59. The van der Waals surface area contributed by atoms with Crippen LogP contribution in [0.25, 0.3) is 0 Å². The van der Waals surface area contributed by atoms with E-state index in [2.05, 4.69) is 6.92 Å². The Morgan fingerprint density at radius 2 is 1.80 bits per heavy atom. The standard InChI is InChI=1S/C12H26N2O/c1-3-4-11-14(2)12(15)9-7-5-6-8-10-13/h3-11,13H2,1-2H3. The summed E-state index contributed by atoms with van der Waals surface area (Å²) in [7, 11) is 1.90. The Morgan fingerprint density at radius 1 is 1.13 bits per heavy atom. The third-order valence-electron chi connectivity index (χ3n) is 2.62. The first-order chi connectivity index (χ1) is 7.22. The molecule has 2 N–H and O–H groups in total. The van der Waals surface area contributed by atoms with Crippen molar-refractivity contribution in [2.45, 2.75) is 51.9 Å². The topological polar surface area (TPSA) is 46.3 Å². The van der Waals surface area contributed by atoms with Gasteiger partial charge in [-0.1, -0.05) is 26.2 Å². The quantitative estimate of drug-likeness (QED) is 0.598. The SMILES string of the molecule is CCCCN(C)C(=O)CCCCCCN. The third-order valence-corrected chi connectivity index (χ3v) is 2.62. The van der Waals surface area contributed by atoms with Crippen molar-refractivity contribution in [2.75, 3.05) is 20.1 Å². The summed E-state index contributed by atoms with van der Waals surface area (Å²) in [6, 6.07) is 0. The zero-order valence-electron chi connectivity index (χ0n) is 10.3. The summed E-state index contributed by atoms with van der Waals surface area (Å²) < 4.78 is 0. The van der Waals surface area contributed by atoms with Gasteiger partial charge in [0.2, 0.25) is 5.91 Å². The van der Waals surface area contributed by atoms with Gasteiger partial charge in [0, 0.05) is 20.0 Å². The van der Waals surface area contributed by atoms with Gasteiger partial charge in [-0.25, -0.2) is 0 Å². The molecule has 0 rings (SSSR count). The molecule has 0 fully saturated rings. The van der Waals surface area contributed by atoms with E-state index in [-0.39, 0.29) is 5.91 Å². The first-order valence-corrected chi connectivity index (χ1v) is 6.16. The largest absolute Gasteiger partial charge is 0.346 e. The first-order valence-electron chi connectivity index (χ1n) is 6.16. The molecule has 1 amide bonds. The van der Waals surface area contributed by atoms with Crippen LogP contribution in [-0.2, 0) is 4.79 Å². The van der Waals surface area contributed by atoms with Crippen molar-refractivity contribution in [3.05, 3.63) is 0 Å². The van der Waals surface area contributed by atoms with E-state index < -0.39 is 0 Å². The molecule has 15 heavy (non-hydrogen) atoms. The van der Waals surface area contributed by atoms with E-state index >= 15 is 0 Å². The number of amides is 1. The van der Waals surface area contributed by atoms with E-state index in [1.54, 1.807) is 0 Å². The summed E-state index contributed by atoms with van der Waals surface area (Å²) >= 11 is 0. The molecular weight excluding hydrogens is 188 g/mol. The van der Waals surface area contributed by atoms with E-state index in [1.165, 1.54) is 0 Å². The minimum atomic E-state index is 0.288. The van der Waals surface area contributed by atoms with Gasteiger partial charge in [-0.2, -0.15) is 0 Å². The molecule has 0 bridgehead atoms. The van der Waals surface area contributed by atoms with Crippen LogP contribution in [0.15, 0.2) is 0 Å². The molecule has 0 aliphatic heterocycles. The molecule has 3 nitrogen and oxygen atoms in total. The minimum Gasteiger partial charge on any atom is -0.346 e. The van der Waals surface area contributed by atoms with Gasteiger partial charge < -0.3 is 10.6 Å². The van der Waals surface area contributed by atoms with Crippen LogP contribution in [0.5, 0.6) is 0 Å². The van der Waals surface area contributed by atoms with E-state index in [0.29, 0.717) is 6.42 Å². The smallest absolute Gasteiger partial charge is 0.222 e. The minimum absolute atomic E-state index is 0.288. The van der Waals surface area contributed by atoms with E-state index in [1.807, 2.05) is 11.9 Å². The Hall–Kier alpha value is -0.570. The van der Waals surface area contributed by atoms with Gasteiger partial charge in [0.1, 0.15) is 0 Å². The highest BCUT2D eigenvalue weighted by Crippen LogP contribution is 2.04. The van der Waals surface area contributed by atoms with Gasteiger partial charge in [0.05, 0.1) is 0 Å². The lowest BCUT2D eigenvalue weighted by molar-refractivity contribution is -0.130. The molecule has 0 aromatic carbocycles. The summed E-state index contributed by atoms with van der Waals surface area (Å²) in [6.45, 7) is 3.81. The highest BCUT2D eigenvalue weighted by molar-refractivity contribution is 5.75. The normalized spacial score (nSPS) is 10.3. The fraction of sp³-hybridized carbons (Fsp3) is 0.917. The number of carbonyl (C=O) groups excluding carboxylic acids is 1. The molecule has 0 atom stereocenters. The third kappa shape index (κ3) is 8.43. The van der Waals surface area contributed by atoms with Crippen molar-refractivity contribution in [3.63, 3.8) is 0 Å². The Balaban J connectivity index is 3.38. The molecule has 0 radical (unpaired) electrons. The van der Waals surface area contributed by atoms with Gasteiger partial charge in [0.15, 0.2) is 0 Å². The van der Waals surface area contributed by atoms with Crippen LogP contribution < -0.4 is 5.73 Å². The number of hydrogen-bond donors (Lipinski definition) is 1. The van der Waals surface area contributed by atoms with Crippen molar-refractivity contribution in [2.24, 2.45) is 5.73 Å². The maximum atomic E-state index is 11.6. The van der Waals surface area contributed by atoms with E-state index in [0.717, 1.165) is 51.6 Å². The van der Waals surface area contributed by atoms with Crippen molar-refractivity contribution < 1.29 is 4.79 Å². The molecular formula is C12H26N2O. The molecule has 0 saturated carbocycles. The molecule has 0 aliphatic carbocycles. The van der Waals surface area contributed by atoms with Crippen LogP contribution in [-0.4, -0.2) is 30.9 Å². The molecule has 0 aromatic heterocycles. The van der Waals surface area contributed by atoms with Gasteiger partial charge in [-0.3, -0.25) is 4.79 Å². The van der Waals surface area contributed by atoms with Gasteiger partial charge in [0.25, 0.3) is 0 Å². The zero-order chi connectivity index (χ0) is 11.5. The Bertz CT molecular complexity index is 160. The predicted molar refractivity (Wildman–Crippen MR) is 64.7 cm³/mol. The number of carbonyl (C=O) groups is 1. The van der Waals surface area contributed by atoms with Crippen molar-refractivity contribution >= 4 is 5.91 Å². The first kappa shape index (κ1) is 14.4. The van der Waals surface area contributed by atoms with Crippen LogP contribution in [0.2, 0.25) is 0 Å². The second kappa shape index (κ2) is 9.97.